The van der Waals surface area contributed by atoms with Gasteiger partial charge in [0.25, 0.3) is 0 Å². The second-order valence-corrected chi connectivity index (χ2v) is 6.19. The Morgan fingerprint density at radius 3 is 2.83 bits per heavy atom. The fraction of sp³-hybridized carbons (Fsp3) is 0.200. The first kappa shape index (κ1) is 13.2. The lowest BCUT2D eigenvalue weighted by molar-refractivity contribution is 0.387. The molecule has 18 heavy (non-hydrogen) atoms. The lowest BCUT2D eigenvalue weighted by atomic mass is 10.4. The molecule has 0 unspecified atom stereocenters. The highest BCUT2D eigenvalue weighted by Crippen LogP contribution is 2.15. The molecule has 1 heterocycles. The van der Waals surface area contributed by atoms with Crippen LogP contribution in [0.1, 0.15) is 11.7 Å². The van der Waals surface area contributed by atoms with Crippen molar-refractivity contribution in [2.75, 3.05) is 0 Å². The van der Waals surface area contributed by atoms with Crippen LogP contribution in [0, 0.1) is 6.92 Å². The van der Waals surface area contributed by atoms with E-state index in [4.69, 9.17) is 4.52 Å². The number of nitrogens with one attached hydrogen (secondary N) is 1. The SMILES string of the molecule is Cc1nc(CNS(=O)(=O)c2cccc(Br)c2)no1. The molecule has 96 valence electrons. The first-order valence-electron chi connectivity index (χ1n) is 5.02. The van der Waals surface area contributed by atoms with Crippen molar-refractivity contribution in [2.45, 2.75) is 18.4 Å². The molecule has 0 spiro atoms. The van der Waals surface area contributed by atoms with E-state index in [-0.39, 0.29) is 11.4 Å². The Bertz CT molecular complexity index is 654. The largest absolute Gasteiger partial charge is 0.340 e. The van der Waals surface area contributed by atoms with Crippen LogP contribution in [0.3, 0.4) is 0 Å². The van der Waals surface area contributed by atoms with Crippen LogP contribution in [0.2, 0.25) is 0 Å². The van der Waals surface area contributed by atoms with Crippen molar-refractivity contribution in [1.82, 2.24) is 14.9 Å². The molecule has 1 aromatic heterocycles. The number of halogens is 1. The third-order valence-corrected chi connectivity index (χ3v) is 3.99. The molecule has 2 aromatic rings. The highest BCUT2D eigenvalue weighted by Gasteiger charge is 2.15. The second kappa shape index (κ2) is 5.17. The van der Waals surface area contributed by atoms with Crippen molar-refractivity contribution in [3.05, 3.63) is 40.5 Å². The summed E-state index contributed by atoms with van der Waals surface area (Å²) in [6.45, 7) is 1.63. The van der Waals surface area contributed by atoms with Crippen LogP contribution in [0.15, 0.2) is 38.2 Å². The molecule has 2 rings (SSSR count). The minimum Gasteiger partial charge on any atom is -0.340 e. The van der Waals surface area contributed by atoms with Crippen molar-refractivity contribution in [3.8, 4) is 0 Å². The zero-order chi connectivity index (χ0) is 13.2. The van der Waals surface area contributed by atoms with Crippen molar-refractivity contribution in [2.24, 2.45) is 0 Å². The molecule has 0 radical (unpaired) electrons. The van der Waals surface area contributed by atoms with E-state index in [0.717, 1.165) is 0 Å². The van der Waals surface area contributed by atoms with Crippen molar-refractivity contribution in [3.63, 3.8) is 0 Å². The molecule has 6 nitrogen and oxygen atoms in total. The first-order chi connectivity index (χ1) is 8.47. The minimum absolute atomic E-state index is 0.00775. The monoisotopic (exact) mass is 331 g/mol. The Kier molecular flexibility index (Phi) is 3.79. The average Bonchev–Trinajstić information content (AvgIpc) is 2.73. The van der Waals surface area contributed by atoms with Gasteiger partial charge in [0.2, 0.25) is 15.9 Å². The highest BCUT2D eigenvalue weighted by atomic mass is 79.9. The van der Waals surface area contributed by atoms with E-state index in [9.17, 15) is 8.42 Å². The number of aromatic nitrogens is 2. The summed E-state index contributed by atoms with van der Waals surface area (Å²) in [5, 5.41) is 3.61. The first-order valence-corrected chi connectivity index (χ1v) is 7.29. The summed E-state index contributed by atoms with van der Waals surface area (Å²) < 4.78 is 31.7. The van der Waals surface area contributed by atoms with Crippen LogP contribution in [0.5, 0.6) is 0 Å². The van der Waals surface area contributed by atoms with Gasteiger partial charge in [-0.25, -0.2) is 13.1 Å². The second-order valence-electron chi connectivity index (χ2n) is 3.51. The number of sulfonamides is 1. The zero-order valence-corrected chi connectivity index (χ0v) is 11.8. The standard InChI is InChI=1S/C10H10BrN3O3S/c1-7-13-10(14-17-7)6-12-18(15,16)9-4-2-3-8(11)5-9/h2-5,12H,6H2,1H3. The molecule has 0 aliphatic carbocycles. The summed E-state index contributed by atoms with van der Waals surface area (Å²) in [5.74, 6) is 0.692. The summed E-state index contributed by atoms with van der Waals surface area (Å²) in [7, 11) is -3.57. The van der Waals surface area contributed by atoms with Crippen molar-refractivity contribution < 1.29 is 12.9 Å². The van der Waals surface area contributed by atoms with Gasteiger partial charge in [-0.1, -0.05) is 27.2 Å². The predicted octanol–water partition coefficient (Wildman–Crippen LogP) is 1.62. The zero-order valence-electron chi connectivity index (χ0n) is 9.42. The molecule has 0 aliphatic rings. The number of hydrogen-bond acceptors (Lipinski definition) is 5. The van der Waals surface area contributed by atoms with Crippen LogP contribution >= 0.6 is 15.9 Å². The van der Waals surface area contributed by atoms with E-state index < -0.39 is 10.0 Å². The van der Waals surface area contributed by atoms with Gasteiger partial charge in [0, 0.05) is 11.4 Å². The summed E-state index contributed by atoms with van der Waals surface area (Å²) in [6, 6.07) is 6.43. The Morgan fingerprint density at radius 1 is 1.44 bits per heavy atom. The average molecular weight is 332 g/mol. The maximum atomic E-state index is 11.9. The fourth-order valence-corrected chi connectivity index (χ4v) is 2.87. The Hall–Kier alpha value is -1.25. The van der Waals surface area contributed by atoms with Gasteiger partial charge in [-0.05, 0) is 18.2 Å². The number of nitrogens with zero attached hydrogens (tertiary/aromatic N) is 2. The van der Waals surface area contributed by atoms with Gasteiger partial charge in [-0.2, -0.15) is 4.98 Å². The van der Waals surface area contributed by atoms with Crippen molar-refractivity contribution in [1.29, 1.82) is 0 Å². The van der Waals surface area contributed by atoms with Gasteiger partial charge >= 0.3 is 0 Å². The molecule has 0 bridgehead atoms. The van der Waals surface area contributed by atoms with Gasteiger partial charge in [0.1, 0.15) is 0 Å². The molecule has 0 saturated heterocycles. The lowest BCUT2D eigenvalue weighted by Crippen LogP contribution is -2.23. The van der Waals surface area contributed by atoms with E-state index in [0.29, 0.717) is 16.2 Å². The lowest BCUT2D eigenvalue weighted by Gasteiger charge is -2.04. The van der Waals surface area contributed by atoms with E-state index >= 15 is 0 Å². The molecule has 0 saturated carbocycles. The number of rotatable bonds is 4. The van der Waals surface area contributed by atoms with Crippen molar-refractivity contribution >= 4 is 26.0 Å². The molecule has 1 aromatic carbocycles. The van der Waals surface area contributed by atoms with Gasteiger partial charge in [-0.15, -0.1) is 0 Å². The maximum absolute atomic E-state index is 11.9. The Labute approximate surface area is 113 Å². The molecular weight excluding hydrogens is 322 g/mol. The molecule has 0 amide bonds. The molecule has 1 N–H and O–H groups in total. The van der Waals surface area contributed by atoms with Crippen LogP contribution in [-0.2, 0) is 16.6 Å². The number of benzene rings is 1. The third kappa shape index (κ3) is 3.15. The van der Waals surface area contributed by atoms with E-state index in [1.165, 1.54) is 12.1 Å². The Balaban J connectivity index is 2.13. The van der Waals surface area contributed by atoms with Crippen LogP contribution in [-0.4, -0.2) is 18.6 Å². The van der Waals surface area contributed by atoms with E-state index in [1.807, 2.05) is 0 Å². The molecular formula is C10H10BrN3O3S. The normalized spacial score (nSPS) is 11.7. The maximum Gasteiger partial charge on any atom is 0.241 e. The summed E-state index contributed by atoms with van der Waals surface area (Å²) in [6.07, 6.45) is 0. The van der Waals surface area contributed by atoms with Crippen LogP contribution in [0.4, 0.5) is 0 Å². The summed E-state index contributed by atoms with van der Waals surface area (Å²) in [5.41, 5.74) is 0. The number of aryl methyl sites for hydroxylation is 1. The van der Waals surface area contributed by atoms with Gasteiger partial charge in [0.15, 0.2) is 5.82 Å². The van der Waals surface area contributed by atoms with E-state index in [2.05, 4.69) is 30.8 Å². The topological polar surface area (TPSA) is 85.1 Å². The van der Waals surface area contributed by atoms with Gasteiger partial charge in [-0.3, -0.25) is 0 Å². The molecule has 0 aliphatic heterocycles. The smallest absolute Gasteiger partial charge is 0.241 e. The Morgan fingerprint density at radius 2 is 2.22 bits per heavy atom. The third-order valence-electron chi connectivity index (χ3n) is 2.10. The molecule has 0 fully saturated rings. The summed E-state index contributed by atoms with van der Waals surface area (Å²) in [4.78, 5) is 4.09. The quantitative estimate of drug-likeness (QED) is 0.920. The highest BCUT2D eigenvalue weighted by molar-refractivity contribution is 9.10. The fourth-order valence-electron chi connectivity index (χ4n) is 1.29. The number of hydrogen-bond donors (Lipinski definition) is 1. The molecule has 0 atom stereocenters. The molecule has 8 heteroatoms. The van der Waals surface area contributed by atoms with Gasteiger partial charge < -0.3 is 4.52 Å². The minimum atomic E-state index is -3.57. The predicted molar refractivity (Wildman–Crippen MR) is 67.2 cm³/mol. The van der Waals surface area contributed by atoms with Gasteiger partial charge in [0.05, 0.1) is 11.4 Å². The van der Waals surface area contributed by atoms with E-state index in [1.54, 1.807) is 19.1 Å². The van der Waals surface area contributed by atoms with Crippen LogP contribution < -0.4 is 4.72 Å². The van der Waals surface area contributed by atoms with Crippen LogP contribution in [0.25, 0.3) is 0 Å². The summed E-state index contributed by atoms with van der Waals surface area (Å²) >= 11 is 3.22.